The summed E-state index contributed by atoms with van der Waals surface area (Å²) in [6, 6.07) is 2.67. The summed E-state index contributed by atoms with van der Waals surface area (Å²) in [4.78, 5) is 0. The second-order valence-electron chi connectivity index (χ2n) is 12.3. The van der Waals surface area contributed by atoms with Gasteiger partial charge in [0.25, 0.3) is 20.0 Å². The van der Waals surface area contributed by atoms with Gasteiger partial charge in [0.1, 0.15) is 0 Å². The minimum atomic E-state index is -4.65. The zero-order valence-corrected chi connectivity index (χ0v) is 28.0. The Labute approximate surface area is 224 Å². The third-order valence-corrected chi connectivity index (χ3v) is 12.0. The molecule has 0 atom stereocenters. The maximum Gasteiger partial charge on any atom is 0.454 e. The van der Waals surface area contributed by atoms with Crippen molar-refractivity contribution in [3.05, 3.63) is 11.7 Å². The lowest BCUT2D eigenvalue weighted by Gasteiger charge is -2.37. The zero-order chi connectivity index (χ0) is 27.9. The van der Waals surface area contributed by atoms with Gasteiger partial charge in [-0.25, -0.2) is 0 Å². The fraction of sp³-hybridized carbons (Fsp3) is 0.926. The van der Waals surface area contributed by atoms with Crippen molar-refractivity contribution < 1.29 is 26.4 Å². The summed E-state index contributed by atoms with van der Waals surface area (Å²) >= 11 is 0. The van der Waals surface area contributed by atoms with E-state index in [0.29, 0.717) is 0 Å². The van der Waals surface area contributed by atoms with E-state index in [2.05, 4.69) is 20.8 Å². The number of halogens is 3. The Kier molecular flexibility index (Phi) is 17.0. The van der Waals surface area contributed by atoms with Crippen LogP contribution < -0.4 is 0 Å². The highest BCUT2D eigenvalue weighted by atomic mass is 28.4. The smallest absolute Gasteiger partial charge is 0.454 e. The van der Waals surface area contributed by atoms with Crippen LogP contribution in [0, 0.1) is 0 Å². The molecular weight excluding hydrogens is 514 g/mol. The first-order valence-corrected chi connectivity index (χ1v) is 23.8. The minimum absolute atomic E-state index is 0.350. The SMILES string of the molecule is CCCCCC[Si](CCCCCC)(CCCCCC)OC(O[Si](C)(C)C)=C(O[Si](C)(C)C)C(F)(F)F. The average Bonchev–Trinajstić information content (AvgIpc) is 2.73. The van der Waals surface area contributed by atoms with Crippen LogP contribution in [0.3, 0.4) is 0 Å². The van der Waals surface area contributed by atoms with Crippen LogP contribution in [0.5, 0.6) is 0 Å². The molecule has 0 fully saturated rings. The van der Waals surface area contributed by atoms with E-state index in [1.165, 1.54) is 0 Å². The molecule has 9 heteroatoms. The van der Waals surface area contributed by atoms with Gasteiger partial charge in [0.05, 0.1) is 0 Å². The highest BCUT2D eigenvalue weighted by Gasteiger charge is 2.47. The van der Waals surface area contributed by atoms with Gasteiger partial charge in [-0.1, -0.05) is 97.8 Å². The van der Waals surface area contributed by atoms with E-state index in [0.717, 1.165) is 95.2 Å². The quantitative estimate of drug-likeness (QED) is 0.0780. The van der Waals surface area contributed by atoms with Crippen molar-refractivity contribution in [2.45, 2.75) is 161 Å². The molecule has 216 valence electrons. The first-order valence-electron chi connectivity index (χ1n) is 14.5. The minimum Gasteiger partial charge on any atom is -0.536 e. The Hall–Kier alpha value is -0.419. The fourth-order valence-electron chi connectivity index (χ4n) is 4.26. The van der Waals surface area contributed by atoms with E-state index < -0.39 is 36.9 Å². The zero-order valence-electron chi connectivity index (χ0n) is 25.0. The molecule has 3 nitrogen and oxygen atoms in total. The van der Waals surface area contributed by atoms with Crippen LogP contribution in [-0.4, -0.2) is 31.1 Å². The number of hydrogen-bond donors (Lipinski definition) is 0. The standard InChI is InChI=1S/C27H57F3O3Si3/c1-10-13-16-19-22-36(23-20-17-14-11-2,24-21-18-15-12-3)33-26(32-35(7,8)9)25(27(28,29)30)31-34(4,5)6/h10-24H2,1-9H3. The summed E-state index contributed by atoms with van der Waals surface area (Å²) in [5.41, 5.74) is 0. The van der Waals surface area contributed by atoms with E-state index in [1.807, 2.05) is 19.6 Å². The Balaban J connectivity index is 6.50. The van der Waals surface area contributed by atoms with Crippen LogP contribution >= 0.6 is 0 Å². The maximum absolute atomic E-state index is 14.4. The Bertz CT molecular complexity index is 581. The number of hydrogen-bond acceptors (Lipinski definition) is 3. The first-order chi connectivity index (χ1) is 16.6. The summed E-state index contributed by atoms with van der Waals surface area (Å²) in [7, 11) is -7.50. The molecule has 0 amide bonds. The van der Waals surface area contributed by atoms with Crippen LogP contribution in [0.15, 0.2) is 11.7 Å². The molecule has 36 heavy (non-hydrogen) atoms. The van der Waals surface area contributed by atoms with Crippen molar-refractivity contribution in [2.24, 2.45) is 0 Å². The Morgan fingerprint density at radius 3 is 1.17 bits per heavy atom. The molecule has 0 radical (unpaired) electrons. The topological polar surface area (TPSA) is 27.7 Å². The van der Waals surface area contributed by atoms with Crippen LogP contribution in [0.2, 0.25) is 57.4 Å². The van der Waals surface area contributed by atoms with Gasteiger partial charge < -0.3 is 13.3 Å². The molecule has 0 aromatic carbocycles. The van der Waals surface area contributed by atoms with Crippen molar-refractivity contribution >= 4 is 25.0 Å². The highest BCUT2D eigenvalue weighted by Crippen LogP contribution is 2.39. The van der Waals surface area contributed by atoms with Gasteiger partial charge in [-0.15, -0.1) is 0 Å². The van der Waals surface area contributed by atoms with E-state index >= 15 is 0 Å². The van der Waals surface area contributed by atoms with Gasteiger partial charge in [-0.2, -0.15) is 13.2 Å². The number of rotatable bonds is 21. The van der Waals surface area contributed by atoms with Gasteiger partial charge in [-0.3, -0.25) is 0 Å². The highest BCUT2D eigenvalue weighted by molar-refractivity contribution is 6.74. The van der Waals surface area contributed by atoms with Crippen LogP contribution in [-0.2, 0) is 13.3 Å². The van der Waals surface area contributed by atoms with Gasteiger partial charge in [0, 0.05) is 0 Å². The molecule has 0 saturated carbocycles. The molecule has 0 heterocycles. The van der Waals surface area contributed by atoms with Crippen molar-refractivity contribution in [1.29, 1.82) is 0 Å². The van der Waals surface area contributed by atoms with Gasteiger partial charge >= 0.3 is 6.18 Å². The number of allylic oxidation sites excluding steroid dienone is 1. The number of alkyl halides is 3. The van der Waals surface area contributed by atoms with Crippen molar-refractivity contribution in [2.75, 3.05) is 0 Å². The molecule has 0 aliphatic carbocycles. The van der Waals surface area contributed by atoms with E-state index in [4.69, 9.17) is 13.3 Å². The molecule has 0 unspecified atom stereocenters. The molecule has 0 aliphatic rings. The van der Waals surface area contributed by atoms with E-state index in [-0.39, 0.29) is 5.95 Å². The second kappa shape index (κ2) is 17.2. The van der Waals surface area contributed by atoms with Crippen LogP contribution in [0.4, 0.5) is 13.2 Å². The second-order valence-corrected chi connectivity index (χ2v) is 25.2. The molecule has 0 spiro atoms. The van der Waals surface area contributed by atoms with E-state index in [9.17, 15) is 13.2 Å². The maximum atomic E-state index is 14.4. The third-order valence-electron chi connectivity index (χ3n) is 6.02. The van der Waals surface area contributed by atoms with Gasteiger partial charge in [0.2, 0.25) is 16.6 Å². The lowest BCUT2D eigenvalue weighted by atomic mass is 10.2. The van der Waals surface area contributed by atoms with Crippen LogP contribution in [0.1, 0.15) is 97.8 Å². The summed E-state index contributed by atoms with van der Waals surface area (Å²) in [5.74, 6) is -1.38. The van der Waals surface area contributed by atoms with Crippen molar-refractivity contribution in [1.82, 2.24) is 0 Å². The summed E-state index contributed by atoms with van der Waals surface area (Å²) in [5, 5.41) is 0. The lowest BCUT2D eigenvalue weighted by molar-refractivity contribution is -0.125. The molecule has 0 bridgehead atoms. The Morgan fingerprint density at radius 2 is 0.889 bits per heavy atom. The third kappa shape index (κ3) is 17.2. The molecule has 0 saturated heterocycles. The Morgan fingerprint density at radius 1 is 0.528 bits per heavy atom. The lowest BCUT2D eigenvalue weighted by Crippen LogP contribution is -2.42. The normalized spacial score (nSPS) is 14.0. The molecule has 0 N–H and O–H groups in total. The predicted octanol–water partition coefficient (Wildman–Crippen LogP) is 11.1. The molecule has 0 rings (SSSR count). The molecular formula is C27H57F3O3Si3. The van der Waals surface area contributed by atoms with Gasteiger partial charge in [-0.05, 0) is 57.4 Å². The van der Waals surface area contributed by atoms with E-state index in [1.54, 1.807) is 19.6 Å². The van der Waals surface area contributed by atoms with Crippen LogP contribution in [0.25, 0.3) is 0 Å². The van der Waals surface area contributed by atoms with Crippen molar-refractivity contribution in [3.63, 3.8) is 0 Å². The fourth-order valence-corrected chi connectivity index (χ4v) is 10.1. The summed E-state index contributed by atoms with van der Waals surface area (Å²) in [6.07, 6.45) is 8.54. The number of unbranched alkanes of at least 4 members (excludes halogenated alkanes) is 9. The summed E-state index contributed by atoms with van der Waals surface area (Å²) in [6.45, 7) is 17.6. The first kappa shape index (κ1) is 35.6. The van der Waals surface area contributed by atoms with Gasteiger partial charge in [0.15, 0.2) is 0 Å². The molecule has 0 aromatic rings. The largest absolute Gasteiger partial charge is 0.536 e. The molecule has 0 aromatic heterocycles. The molecule has 0 aliphatic heterocycles. The summed E-state index contributed by atoms with van der Waals surface area (Å²) < 4.78 is 61.7. The monoisotopic (exact) mass is 570 g/mol. The van der Waals surface area contributed by atoms with Crippen molar-refractivity contribution in [3.8, 4) is 0 Å². The average molecular weight is 571 g/mol. The predicted molar refractivity (Wildman–Crippen MR) is 156 cm³/mol.